The zero-order valence-electron chi connectivity index (χ0n) is 16.6. The van der Waals surface area contributed by atoms with Crippen molar-refractivity contribution in [2.45, 2.75) is 18.0 Å². The Morgan fingerprint density at radius 3 is 2.42 bits per heavy atom. The van der Waals surface area contributed by atoms with Crippen molar-refractivity contribution in [2.75, 3.05) is 0 Å². The Morgan fingerprint density at radius 2 is 1.71 bits per heavy atom. The molecular weight excluding hydrogens is 384 g/mol. The van der Waals surface area contributed by atoms with Crippen LogP contribution < -0.4 is 4.90 Å². The van der Waals surface area contributed by atoms with Gasteiger partial charge in [0.15, 0.2) is 12.1 Å². The quantitative estimate of drug-likeness (QED) is 0.682. The van der Waals surface area contributed by atoms with Crippen molar-refractivity contribution in [3.63, 3.8) is 0 Å². The summed E-state index contributed by atoms with van der Waals surface area (Å²) in [6.45, 7) is 0. The van der Waals surface area contributed by atoms with Gasteiger partial charge < -0.3 is 0 Å². The summed E-state index contributed by atoms with van der Waals surface area (Å²) in [6, 6.07) is 24.2. The number of hydrogen-bond acceptors (Lipinski definition) is 4. The van der Waals surface area contributed by atoms with E-state index in [-0.39, 0.29) is 5.78 Å². The van der Waals surface area contributed by atoms with E-state index in [1.807, 2.05) is 60.8 Å². The Balaban J connectivity index is 1.78. The van der Waals surface area contributed by atoms with Gasteiger partial charge in [-0.3, -0.25) is 14.7 Å². The SMILES string of the molecule is N#CC1(C#N)[C@H](c2cccnc2)[C@@H](C(=O)c2ccccc2)[NH+]2C=Cc3ccccc3[C@@H]21. The third-order valence-corrected chi connectivity index (χ3v) is 6.49. The van der Waals surface area contributed by atoms with E-state index < -0.39 is 23.4 Å². The second-order valence-electron chi connectivity index (χ2n) is 7.96. The Hall–Kier alpha value is -4.06. The summed E-state index contributed by atoms with van der Waals surface area (Å²) in [6.07, 6.45) is 7.26. The molecule has 0 aliphatic carbocycles. The lowest BCUT2D eigenvalue weighted by atomic mass is 9.67. The Kier molecular flexibility index (Phi) is 4.47. The molecule has 5 nitrogen and oxygen atoms in total. The van der Waals surface area contributed by atoms with Gasteiger partial charge in [-0.15, -0.1) is 0 Å². The normalized spacial score (nSPS) is 25.0. The number of quaternary nitrogens is 1. The van der Waals surface area contributed by atoms with Crippen molar-refractivity contribution in [3.8, 4) is 12.1 Å². The van der Waals surface area contributed by atoms with E-state index in [2.05, 4.69) is 17.1 Å². The van der Waals surface area contributed by atoms with Gasteiger partial charge in [-0.05, 0) is 23.3 Å². The van der Waals surface area contributed by atoms with E-state index in [4.69, 9.17) is 0 Å². The van der Waals surface area contributed by atoms with Gasteiger partial charge in [0.25, 0.3) is 0 Å². The highest BCUT2D eigenvalue weighted by Gasteiger charge is 2.68. The van der Waals surface area contributed by atoms with Crippen molar-refractivity contribution in [3.05, 3.63) is 108 Å². The topological polar surface area (TPSA) is 82.0 Å². The fraction of sp³-hybridized carbons (Fsp3) is 0.154. The van der Waals surface area contributed by atoms with Gasteiger partial charge in [0.05, 0.1) is 24.3 Å². The average molecular weight is 403 g/mol. The summed E-state index contributed by atoms with van der Waals surface area (Å²) in [5.41, 5.74) is 1.78. The van der Waals surface area contributed by atoms with E-state index in [1.54, 1.807) is 30.6 Å². The number of fused-ring (bicyclic) bond motifs is 3. The van der Waals surface area contributed by atoms with Crippen LogP contribution in [-0.2, 0) is 0 Å². The maximum absolute atomic E-state index is 13.8. The van der Waals surface area contributed by atoms with E-state index in [9.17, 15) is 15.3 Å². The maximum Gasteiger partial charge on any atom is 0.221 e. The molecule has 3 aromatic rings. The standard InChI is InChI=1S/C26H18N4O/c27-16-26(17-28)22(20-10-6-13-29-15-20)23(24(31)19-8-2-1-3-9-19)30-14-12-18-7-4-5-11-21(18)25(26)30/h1-15,22-23,25H/p+1/t22-,23+,25-/m1/s1. The molecule has 0 amide bonds. The van der Waals surface area contributed by atoms with Crippen LogP contribution in [-0.4, -0.2) is 16.8 Å². The van der Waals surface area contributed by atoms with Crippen LogP contribution in [0.25, 0.3) is 6.08 Å². The first-order valence-corrected chi connectivity index (χ1v) is 10.2. The molecule has 148 valence electrons. The van der Waals surface area contributed by atoms with Gasteiger partial charge in [-0.25, -0.2) is 0 Å². The van der Waals surface area contributed by atoms with Crippen molar-refractivity contribution in [1.82, 2.24) is 4.98 Å². The van der Waals surface area contributed by atoms with Crippen LogP contribution in [0.4, 0.5) is 0 Å². The van der Waals surface area contributed by atoms with E-state index in [0.29, 0.717) is 5.56 Å². The zero-order valence-corrected chi connectivity index (χ0v) is 16.6. The van der Waals surface area contributed by atoms with Crippen LogP contribution in [0.5, 0.6) is 0 Å². The third kappa shape index (κ3) is 2.72. The van der Waals surface area contributed by atoms with Crippen LogP contribution in [0.2, 0.25) is 0 Å². The number of nitrogens with one attached hydrogen (secondary N) is 1. The molecule has 1 fully saturated rings. The summed E-state index contributed by atoms with van der Waals surface area (Å²) in [4.78, 5) is 18.9. The summed E-state index contributed by atoms with van der Waals surface area (Å²) in [7, 11) is 0. The molecule has 5 heteroatoms. The van der Waals surface area contributed by atoms with Gasteiger partial charge in [-0.1, -0.05) is 60.7 Å². The molecule has 1 saturated heterocycles. The molecule has 31 heavy (non-hydrogen) atoms. The first kappa shape index (κ1) is 18.9. The second kappa shape index (κ2) is 7.32. The van der Waals surface area contributed by atoms with E-state index >= 15 is 0 Å². The van der Waals surface area contributed by atoms with Gasteiger partial charge in [0, 0.05) is 23.5 Å². The predicted octanol–water partition coefficient (Wildman–Crippen LogP) is 3.07. The molecule has 0 bridgehead atoms. The molecule has 1 aromatic heterocycles. The van der Waals surface area contributed by atoms with Crippen molar-refractivity contribution < 1.29 is 9.69 Å². The number of pyridine rings is 1. The summed E-state index contributed by atoms with van der Waals surface area (Å²) < 4.78 is 0. The number of aromatic nitrogens is 1. The Morgan fingerprint density at radius 1 is 0.968 bits per heavy atom. The molecule has 2 aliphatic rings. The number of rotatable bonds is 3. The van der Waals surface area contributed by atoms with E-state index in [1.165, 1.54) is 0 Å². The largest absolute Gasteiger partial charge is 0.291 e. The number of Topliss-reactive ketones (excluding diaryl/α,β-unsaturated/α-hetero) is 1. The third-order valence-electron chi connectivity index (χ3n) is 6.49. The maximum atomic E-state index is 13.8. The Labute approximate surface area is 180 Å². The molecular formula is C26H19N4O+. The highest BCUT2D eigenvalue weighted by molar-refractivity contribution is 6.00. The number of nitriles is 2. The smallest absolute Gasteiger partial charge is 0.221 e. The Bertz CT molecular complexity index is 1240. The second-order valence-corrected chi connectivity index (χ2v) is 7.96. The van der Waals surface area contributed by atoms with Crippen LogP contribution in [0.3, 0.4) is 0 Å². The lowest BCUT2D eigenvalue weighted by molar-refractivity contribution is -0.885. The molecule has 1 N–H and O–H groups in total. The van der Waals surface area contributed by atoms with E-state index in [0.717, 1.165) is 21.6 Å². The average Bonchev–Trinajstić information content (AvgIpc) is 3.15. The summed E-state index contributed by atoms with van der Waals surface area (Å²) in [5, 5.41) is 20.9. The molecule has 0 radical (unpaired) electrons. The van der Waals surface area contributed by atoms with Gasteiger partial charge in [-0.2, -0.15) is 10.5 Å². The first-order chi connectivity index (χ1) is 15.2. The minimum atomic E-state index is -1.42. The number of carbonyl (C=O) groups is 1. The summed E-state index contributed by atoms with van der Waals surface area (Å²) in [5.74, 6) is -0.703. The van der Waals surface area contributed by atoms with Gasteiger partial charge >= 0.3 is 0 Å². The molecule has 5 rings (SSSR count). The van der Waals surface area contributed by atoms with Crippen molar-refractivity contribution in [2.24, 2.45) is 5.41 Å². The van der Waals surface area contributed by atoms with Crippen LogP contribution in [0.15, 0.2) is 85.3 Å². The minimum Gasteiger partial charge on any atom is -0.291 e. The van der Waals surface area contributed by atoms with Crippen molar-refractivity contribution >= 4 is 11.9 Å². The predicted molar refractivity (Wildman–Crippen MR) is 114 cm³/mol. The van der Waals surface area contributed by atoms with Crippen LogP contribution >= 0.6 is 0 Å². The number of carbonyl (C=O) groups excluding carboxylic acids is 1. The molecule has 1 unspecified atom stereocenters. The number of ketones is 1. The first-order valence-electron chi connectivity index (χ1n) is 10.2. The van der Waals surface area contributed by atoms with Gasteiger partial charge in [0.2, 0.25) is 11.2 Å². The molecule has 4 atom stereocenters. The fourth-order valence-corrected chi connectivity index (χ4v) is 5.21. The number of benzene rings is 2. The molecule has 3 heterocycles. The molecule has 0 saturated carbocycles. The number of hydrogen-bond donors (Lipinski definition) is 1. The molecule has 2 aromatic carbocycles. The zero-order chi connectivity index (χ0) is 21.4. The highest BCUT2D eigenvalue weighted by Crippen LogP contribution is 2.51. The number of nitrogens with zero attached hydrogens (tertiary/aromatic N) is 3. The van der Waals surface area contributed by atoms with Crippen LogP contribution in [0, 0.1) is 28.1 Å². The van der Waals surface area contributed by atoms with Crippen LogP contribution in [0.1, 0.15) is 39.0 Å². The molecule has 2 aliphatic heterocycles. The molecule has 0 spiro atoms. The summed E-state index contributed by atoms with van der Waals surface area (Å²) >= 11 is 0. The lowest BCUT2D eigenvalue weighted by Gasteiger charge is -2.29. The van der Waals surface area contributed by atoms with Gasteiger partial charge in [0.1, 0.15) is 0 Å². The van der Waals surface area contributed by atoms with Crippen molar-refractivity contribution in [1.29, 1.82) is 10.5 Å². The fourth-order valence-electron chi connectivity index (χ4n) is 5.21. The monoisotopic (exact) mass is 403 g/mol. The lowest BCUT2D eigenvalue weighted by Crippen LogP contribution is -3.11. The highest BCUT2D eigenvalue weighted by atomic mass is 16.1. The minimum absolute atomic E-state index is 0.0779.